The van der Waals surface area contributed by atoms with Crippen molar-refractivity contribution in [3.63, 3.8) is 0 Å². The predicted octanol–water partition coefficient (Wildman–Crippen LogP) is 21.9. The van der Waals surface area contributed by atoms with Gasteiger partial charge in [-0.25, -0.2) is 0 Å². The summed E-state index contributed by atoms with van der Waals surface area (Å²) in [5.74, 6) is 1.00. The largest absolute Gasteiger partial charge is 0.457 e. The van der Waals surface area contributed by atoms with Gasteiger partial charge in [0.1, 0.15) is 11.5 Å². The Morgan fingerprint density at radius 2 is 0.854 bits per heavy atom. The molecule has 0 N–H and O–H groups in total. The van der Waals surface area contributed by atoms with Crippen molar-refractivity contribution in [2.24, 2.45) is 0 Å². The van der Waals surface area contributed by atoms with Crippen LogP contribution in [0, 0.1) is 0 Å². The molecule has 0 unspecified atom stereocenters. The molecule has 0 fully saturated rings. The van der Waals surface area contributed by atoms with Gasteiger partial charge in [0.15, 0.2) is 0 Å². The van der Waals surface area contributed by atoms with E-state index < -0.39 is 84.0 Å². The highest BCUT2D eigenvalue weighted by molar-refractivity contribution is 6.99. The summed E-state index contributed by atoms with van der Waals surface area (Å²) in [7, 11) is 0. The van der Waals surface area contributed by atoms with Crippen LogP contribution >= 0.6 is 0 Å². The van der Waals surface area contributed by atoms with Gasteiger partial charge < -0.3 is 18.8 Å². The summed E-state index contributed by atoms with van der Waals surface area (Å²) < 4.78 is 135. The molecule has 13 aromatic carbocycles. The molecule has 0 amide bonds. The summed E-state index contributed by atoms with van der Waals surface area (Å²) in [6, 6.07) is 65.0. The molecule has 0 aliphatic carbocycles. The van der Waals surface area contributed by atoms with E-state index in [0.29, 0.717) is 50.7 Å². The topological polar surface area (TPSA) is 22.3 Å². The molecule has 4 nitrogen and oxygen atoms in total. The Labute approximate surface area is 581 Å². The van der Waals surface area contributed by atoms with E-state index in [2.05, 4.69) is 193 Å². The fraction of sp³-hybridized carbons (Fsp3) is 0.143. The van der Waals surface area contributed by atoms with Crippen LogP contribution in [0.3, 0.4) is 0 Å². The number of anilines is 3. The minimum atomic E-state index is -1.51. The van der Waals surface area contributed by atoms with Crippen LogP contribution in [0.4, 0.5) is 17.1 Å². The molecule has 15 aromatic rings. The van der Waals surface area contributed by atoms with Gasteiger partial charge >= 0.3 is 0 Å². The van der Waals surface area contributed by atoms with Crippen molar-refractivity contribution in [3.8, 4) is 56.3 Å². The molecule has 3 aliphatic heterocycles. The van der Waals surface area contributed by atoms with Gasteiger partial charge in [0.2, 0.25) is 6.71 Å². The number of hydrogen-bond donors (Lipinski definition) is 0. The highest BCUT2D eigenvalue weighted by Gasteiger charge is 2.55. The zero-order valence-corrected chi connectivity index (χ0v) is 55.0. The first-order chi connectivity index (χ1) is 51.9. The number of aromatic nitrogens is 2. The van der Waals surface area contributed by atoms with Crippen molar-refractivity contribution in [1.29, 1.82) is 0 Å². The minimum Gasteiger partial charge on any atom is -0.457 e. The lowest BCUT2D eigenvalue weighted by Gasteiger charge is -2.50. The fourth-order valence-corrected chi connectivity index (χ4v) is 15.8. The third-order valence-electron chi connectivity index (χ3n) is 20.4. The lowest BCUT2D eigenvalue weighted by Crippen LogP contribution is -2.65. The second kappa shape index (κ2) is 21.1. The molecule has 0 bridgehead atoms. The van der Waals surface area contributed by atoms with Crippen molar-refractivity contribution in [2.45, 2.75) is 84.0 Å². The maximum atomic E-state index is 10.1. The van der Waals surface area contributed by atoms with E-state index >= 15 is 0 Å². The van der Waals surface area contributed by atoms with Gasteiger partial charge in [0, 0.05) is 66.5 Å². The molecular weight excluding hydrogens is 1160 g/mol. The minimum absolute atomic E-state index is 0.00207. The smallest absolute Gasteiger partial charge is 0.247 e. The van der Waals surface area contributed by atoms with Gasteiger partial charge in [-0.3, -0.25) is 0 Å². The molecule has 2 aromatic heterocycles. The second-order valence-electron chi connectivity index (χ2n) is 29.1. The van der Waals surface area contributed by atoms with Crippen molar-refractivity contribution < 1.29 is 22.6 Å². The molecule has 96 heavy (non-hydrogen) atoms. The highest BCUT2D eigenvalue weighted by Crippen LogP contribution is 2.59. The number of benzene rings is 13. The molecule has 462 valence electrons. The van der Waals surface area contributed by atoms with Crippen LogP contribution in [-0.2, 0) is 21.7 Å². The third kappa shape index (κ3) is 8.61. The molecular formula is C91H74BN3O. The Morgan fingerprint density at radius 1 is 0.354 bits per heavy atom. The summed E-state index contributed by atoms with van der Waals surface area (Å²) in [5.41, 5.74) is 15.6. The molecule has 5 heteroatoms. The van der Waals surface area contributed by atoms with Crippen molar-refractivity contribution in [3.05, 3.63) is 324 Å². The van der Waals surface area contributed by atoms with Gasteiger partial charge in [0.05, 0.1) is 51.0 Å². The molecule has 3 aliphatic rings. The number of rotatable bonds is 6. The Balaban J connectivity index is 1.10. The van der Waals surface area contributed by atoms with Gasteiger partial charge in [-0.15, -0.1) is 0 Å². The first-order valence-corrected chi connectivity index (χ1v) is 33.0. The van der Waals surface area contributed by atoms with Crippen molar-refractivity contribution >= 4 is 83.8 Å². The number of hydrogen-bond acceptors (Lipinski definition) is 2. The Bertz CT molecular complexity index is 6240. The Hall–Kier alpha value is -10.9. The molecule has 5 heterocycles. The lowest BCUT2D eigenvalue weighted by molar-refractivity contribution is 0.435. The van der Waals surface area contributed by atoms with E-state index in [-0.39, 0.29) is 50.3 Å². The van der Waals surface area contributed by atoms with E-state index in [1.54, 1.807) is 4.57 Å². The Morgan fingerprint density at radius 3 is 1.42 bits per heavy atom. The molecule has 0 saturated carbocycles. The zero-order valence-electron chi connectivity index (χ0n) is 68.0. The van der Waals surface area contributed by atoms with Gasteiger partial charge in [-0.05, 0) is 162 Å². The van der Waals surface area contributed by atoms with Crippen molar-refractivity contribution in [2.75, 3.05) is 4.90 Å². The number of para-hydroxylation sites is 4. The van der Waals surface area contributed by atoms with Crippen LogP contribution in [0.15, 0.2) is 285 Å². The van der Waals surface area contributed by atoms with Crippen LogP contribution in [-0.4, -0.2) is 15.8 Å². The molecule has 0 saturated heterocycles. The van der Waals surface area contributed by atoms with Crippen LogP contribution in [0.2, 0.25) is 0 Å². The standard InChI is InChI=1S/C91H74BN3O/c1-88(2,3)61-42-47-80-70(50-61)71-51-62(89(4,5)6)43-48-81(71)93(80)64-44-46-77-82(55-64)95(87-68(58-29-15-11-16-30-58)52-63(90(7,8)9)53-69(87)59-31-17-12-18-32-59)83-56-65(94-78-37-23-19-33-66(78)67-34-20-24-38-79(67)94)54-75-86(83)92(77)76-45-41-60(57-27-13-10-14-28-57)49-74(76)91(75)72-35-21-25-39-84(72)96-85-40-26-22-36-73(85)91/h10-56H,1-9H3/i10D,13D,14D,19D,20D,23D,24D,27D,28D,33D,34D,37D,38D. The van der Waals surface area contributed by atoms with E-state index in [9.17, 15) is 13.7 Å². The van der Waals surface area contributed by atoms with E-state index in [4.69, 9.17) is 8.85 Å². The average Bonchev–Trinajstić information content (AvgIpc) is 0.749. The van der Waals surface area contributed by atoms with Gasteiger partial charge in [-0.1, -0.05) is 268 Å². The third-order valence-corrected chi connectivity index (χ3v) is 20.4. The van der Waals surface area contributed by atoms with E-state index in [1.165, 1.54) is 11.1 Å². The first-order valence-electron chi connectivity index (χ1n) is 39.5. The highest BCUT2D eigenvalue weighted by atomic mass is 16.5. The first kappa shape index (κ1) is 45.5. The zero-order chi connectivity index (χ0) is 76.5. The van der Waals surface area contributed by atoms with E-state index in [1.807, 2.05) is 84.9 Å². The van der Waals surface area contributed by atoms with Crippen LogP contribution in [0.1, 0.15) is 119 Å². The SMILES string of the molecule is [2H]c1c([2H])c([2H])c(-c2ccc3c(c2)C2(c4ccccc4Oc4ccccc42)c2cc(-n4c5c([2H])c([2H])c([2H])c([2H])c5c5c([2H])c([2H])c([2H])c([2H])c54)cc4c2B3c2ccc(-n3c5ccc(C(C)(C)C)cc5c5cc(C(C)(C)C)ccc53)cc2N4c2c(-c3ccccc3)cc(C(C)(C)C)cc2-c2ccccc2)c([2H])c1[2H]. The second-order valence-corrected chi connectivity index (χ2v) is 29.1. The van der Waals surface area contributed by atoms with Crippen LogP contribution < -0.4 is 26.0 Å². The van der Waals surface area contributed by atoms with Crippen molar-refractivity contribution in [1.82, 2.24) is 9.13 Å². The monoisotopic (exact) mass is 1250 g/mol. The van der Waals surface area contributed by atoms with Crippen LogP contribution in [0.5, 0.6) is 11.5 Å². The molecule has 0 radical (unpaired) electrons. The number of ether oxygens (including phenoxy) is 1. The predicted molar refractivity (Wildman–Crippen MR) is 405 cm³/mol. The van der Waals surface area contributed by atoms with Crippen LogP contribution in [0.25, 0.3) is 88.4 Å². The maximum absolute atomic E-state index is 10.1. The van der Waals surface area contributed by atoms with Gasteiger partial charge in [-0.2, -0.15) is 0 Å². The summed E-state index contributed by atoms with van der Waals surface area (Å²) in [5, 5.41) is 2.03. The normalized spacial score (nSPS) is 15.7. The Kier molecular flexibility index (Phi) is 9.97. The summed E-state index contributed by atoms with van der Waals surface area (Å²) in [4.78, 5) is 2.38. The quantitative estimate of drug-likeness (QED) is 0.155. The summed E-state index contributed by atoms with van der Waals surface area (Å²) in [6.07, 6.45) is 0. The van der Waals surface area contributed by atoms with Gasteiger partial charge in [0.25, 0.3) is 0 Å². The molecule has 18 rings (SSSR count). The van der Waals surface area contributed by atoms with E-state index in [0.717, 1.165) is 83.1 Å². The lowest BCUT2D eigenvalue weighted by atomic mass is 9.29. The summed E-state index contributed by atoms with van der Waals surface area (Å²) in [6.45, 7) is 19.4. The average molecular weight is 1250 g/mol. The number of fused-ring (bicyclic) bond motifs is 16. The maximum Gasteiger partial charge on any atom is 0.247 e. The molecule has 1 spiro atoms. The fourth-order valence-electron chi connectivity index (χ4n) is 15.8. The summed E-state index contributed by atoms with van der Waals surface area (Å²) >= 11 is 0. The molecule has 0 atom stereocenters. The number of nitrogens with zero attached hydrogens (tertiary/aromatic N) is 3.